The van der Waals surface area contributed by atoms with Gasteiger partial charge in [-0.05, 0) is 39.2 Å². The highest BCUT2D eigenvalue weighted by molar-refractivity contribution is 5.83. The number of rotatable bonds is 6. The lowest BCUT2D eigenvalue weighted by Gasteiger charge is -2.30. The summed E-state index contributed by atoms with van der Waals surface area (Å²) in [5.74, 6) is 0.885. The molecule has 1 N–H and O–H groups in total. The van der Waals surface area contributed by atoms with Crippen LogP contribution >= 0.6 is 0 Å². The van der Waals surface area contributed by atoms with Crippen molar-refractivity contribution in [2.45, 2.75) is 71.1 Å². The van der Waals surface area contributed by atoms with Crippen molar-refractivity contribution in [3.63, 3.8) is 0 Å². The highest BCUT2D eigenvalue weighted by Crippen LogP contribution is 2.23. The summed E-state index contributed by atoms with van der Waals surface area (Å²) in [6.07, 6.45) is 6.67. The second-order valence-electron chi connectivity index (χ2n) is 6.98. The van der Waals surface area contributed by atoms with E-state index in [1.54, 1.807) is 0 Å². The van der Waals surface area contributed by atoms with E-state index in [0.717, 1.165) is 25.6 Å². The van der Waals surface area contributed by atoms with E-state index >= 15 is 0 Å². The molecule has 20 heavy (non-hydrogen) atoms. The van der Waals surface area contributed by atoms with Crippen molar-refractivity contribution in [2.75, 3.05) is 20.1 Å². The molecule has 2 fully saturated rings. The van der Waals surface area contributed by atoms with E-state index in [-0.39, 0.29) is 18.1 Å². The standard InChI is InChI=1S/C16H31N3O/c1-12(2)11-15-17-13(3)16(20)19(15)10-9-18(4)14-7-5-6-8-14/h12-15,17H,5-11H2,1-4H3. The van der Waals surface area contributed by atoms with Gasteiger partial charge >= 0.3 is 0 Å². The Labute approximate surface area is 123 Å². The molecule has 0 aromatic rings. The summed E-state index contributed by atoms with van der Waals surface area (Å²) in [7, 11) is 2.21. The SMILES string of the molecule is CC(C)CC1NC(C)C(=O)N1CCN(C)C1CCCC1. The molecular weight excluding hydrogens is 250 g/mol. The number of carbonyl (C=O) groups is 1. The van der Waals surface area contributed by atoms with Gasteiger partial charge in [-0.15, -0.1) is 0 Å². The molecule has 1 aliphatic carbocycles. The molecule has 0 aromatic carbocycles. The summed E-state index contributed by atoms with van der Waals surface area (Å²) < 4.78 is 0. The van der Waals surface area contributed by atoms with E-state index in [2.05, 4.69) is 36.0 Å². The maximum atomic E-state index is 12.3. The molecule has 2 rings (SSSR count). The van der Waals surface area contributed by atoms with E-state index in [9.17, 15) is 4.79 Å². The number of hydrogen-bond acceptors (Lipinski definition) is 3. The number of likely N-dealkylation sites (N-methyl/N-ethyl adjacent to an activating group) is 1. The van der Waals surface area contributed by atoms with Gasteiger partial charge in [-0.25, -0.2) is 0 Å². The zero-order valence-corrected chi connectivity index (χ0v) is 13.6. The van der Waals surface area contributed by atoms with Crippen molar-refractivity contribution in [1.29, 1.82) is 0 Å². The van der Waals surface area contributed by atoms with Crippen LogP contribution in [0.4, 0.5) is 0 Å². The molecule has 2 atom stereocenters. The number of nitrogens with zero attached hydrogens (tertiary/aromatic N) is 2. The van der Waals surface area contributed by atoms with Crippen molar-refractivity contribution in [3.05, 3.63) is 0 Å². The maximum Gasteiger partial charge on any atom is 0.240 e. The average molecular weight is 281 g/mol. The molecule has 0 aromatic heterocycles. The molecular formula is C16H31N3O. The van der Waals surface area contributed by atoms with E-state index in [1.165, 1.54) is 25.7 Å². The molecule has 1 saturated carbocycles. The smallest absolute Gasteiger partial charge is 0.240 e. The summed E-state index contributed by atoms with van der Waals surface area (Å²) in [5.41, 5.74) is 0. The Balaban J connectivity index is 1.86. The topological polar surface area (TPSA) is 35.6 Å². The molecule has 116 valence electrons. The molecule has 0 bridgehead atoms. The van der Waals surface area contributed by atoms with Crippen LogP contribution in [0.15, 0.2) is 0 Å². The minimum absolute atomic E-state index is 0.0180. The summed E-state index contributed by atoms with van der Waals surface area (Å²) in [6.45, 7) is 8.28. The first-order valence-corrected chi connectivity index (χ1v) is 8.25. The van der Waals surface area contributed by atoms with Gasteiger partial charge in [-0.3, -0.25) is 10.1 Å². The van der Waals surface area contributed by atoms with E-state index < -0.39 is 0 Å². The fourth-order valence-corrected chi connectivity index (χ4v) is 3.55. The molecule has 0 radical (unpaired) electrons. The molecule has 1 heterocycles. The zero-order chi connectivity index (χ0) is 14.7. The van der Waals surface area contributed by atoms with Crippen LogP contribution in [-0.4, -0.2) is 54.1 Å². The minimum Gasteiger partial charge on any atom is -0.325 e. The average Bonchev–Trinajstić information content (AvgIpc) is 2.98. The number of nitrogens with one attached hydrogen (secondary N) is 1. The van der Waals surface area contributed by atoms with E-state index in [1.807, 2.05) is 6.92 Å². The molecule has 4 nitrogen and oxygen atoms in total. The zero-order valence-electron chi connectivity index (χ0n) is 13.6. The number of hydrogen-bond donors (Lipinski definition) is 1. The van der Waals surface area contributed by atoms with Crippen LogP contribution in [0.5, 0.6) is 0 Å². The fourth-order valence-electron chi connectivity index (χ4n) is 3.55. The molecule has 4 heteroatoms. The van der Waals surface area contributed by atoms with Gasteiger partial charge < -0.3 is 9.80 Å². The lowest BCUT2D eigenvalue weighted by atomic mass is 10.1. The summed E-state index contributed by atoms with van der Waals surface area (Å²) in [4.78, 5) is 16.8. The summed E-state index contributed by atoms with van der Waals surface area (Å²) >= 11 is 0. The highest BCUT2D eigenvalue weighted by Gasteiger charge is 2.36. The van der Waals surface area contributed by atoms with Crippen LogP contribution in [0.25, 0.3) is 0 Å². The van der Waals surface area contributed by atoms with Crippen LogP contribution < -0.4 is 5.32 Å². The molecule has 1 aliphatic heterocycles. The number of amides is 1. The Morgan fingerprint density at radius 3 is 2.60 bits per heavy atom. The second kappa shape index (κ2) is 6.90. The normalized spacial score (nSPS) is 28.3. The first-order valence-electron chi connectivity index (χ1n) is 8.25. The highest BCUT2D eigenvalue weighted by atomic mass is 16.2. The van der Waals surface area contributed by atoms with E-state index in [4.69, 9.17) is 0 Å². The monoisotopic (exact) mass is 281 g/mol. The predicted molar refractivity (Wildman–Crippen MR) is 82.4 cm³/mol. The Morgan fingerprint density at radius 1 is 1.35 bits per heavy atom. The Kier molecular flexibility index (Phi) is 5.44. The van der Waals surface area contributed by atoms with Gasteiger partial charge in [-0.1, -0.05) is 26.7 Å². The van der Waals surface area contributed by atoms with Crippen molar-refractivity contribution >= 4 is 5.91 Å². The van der Waals surface area contributed by atoms with Gasteiger partial charge in [-0.2, -0.15) is 0 Å². The van der Waals surface area contributed by atoms with Crippen molar-refractivity contribution in [3.8, 4) is 0 Å². The van der Waals surface area contributed by atoms with Gasteiger partial charge in [0.2, 0.25) is 5.91 Å². The van der Waals surface area contributed by atoms with Crippen molar-refractivity contribution in [2.24, 2.45) is 5.92 Å². The molecule has 1 amide bonds. The van der Waals surface area contributed by atoms with Crippen molar-refractivity contribution < 1.29 is 4.79 Å². The van der Waals surface area contributed by atoms with Gasteiger partial charge in [0.1, 0.15) is 0 Å². The lowest BCUT2D eigenvalue weighted by Crippen LogP contribution is -2.43. The quantitative estimate of drug-likeness (QED) is 0.809. The molecule has 2 unspecified atom stereocenters. The van der Waals surface area contributed by atoms with Crippen LogP contribution in [0, 0.1) is 5.92 Å². The first-order chi connectivity index (χ1) is 9.49. The predicted octanol–water partition coefficient (Wildman–Crippen LogP) is 2.05. The minimum atomic E-state index is -0.0180. The van der Waals surface area contributed by atoms with Crippen LogP contribution in [0.3, 0.4) is 0 Å². The Morgan fingerprint density at radius 2 is 2.00 bits per heavy atom. The largest absolute Gasteiger partial charge is 0.325 e. The summed E-state index contributed by atoms with van der Waals surface area (Å²) in [6, 6.07) is 0.720. The Bertz CT molecular complexity index is 326. The molecule has 2 aliphatic rings. The lowest BCUT2D eigenvalue weighted by molar-refractivity contribution is -0.130. The van der Waals surface area contributed by atoms with Gasteiger partial charge in [0.05, 0.1) is 12.2 Å². The summed E-state index contributed by atoms with van der Waals surface area (Å²) in [5, 5.41) is 3.44. The number of carbonyl (C=O) groups excluding carboxylic acids is 1. The molecule has 1 saturated heterocycles. The second-order valence-corrected chi connectivity index (χ2v) is 6.98. The van der Waals surface area contributed by atoms with Gasteiger partial charge in [0, 0.05) is 19.1 Å². The van der Waals surface area contributed by atoms with Crippen molar-refractivity contribution in [1.82, 2.24) is 15.1 Å². The van der Waals surface area contributed by atoms with Crippen LogP contribution in [-0.2, 0) is 4.79 Å². The van der Waals surface area contributed by atoms with Crippen LogP contribution in [0.1, 0.15) is 52.9 Å². The fraction of sp³-hybridized carbons (Fsp3) is 0.938. The third kappa shape index (κ3) is 3.73. The van der Waals surface area contributed by atoms with Gasteiger partial charge in [0.25, 0.3) is 0 Å². The van der Waals surface area contributed by atoms with Crippen LogP contribution in [0.2, 0.25) is 0 Å². The first kappa shape index (κ1) is 15.8. The van der Waals surface area contributed by atoms with E-state index in [0.29, 0.717) is 5.92 Å². The Hall–Kier alpha value is -0.610. The molecule has 0 spiro atoms. The third-order valence-electron chi connectivity index (χ3n) is 4.81. The van der Waals surface area contributed by atoms with Gasteiger partial charge in [0.15, 0.2) is 0 Å². The maximum absolute atomic E-state index is 12.3. The third-order valence-corrected chi connectivity index (χ3v) is 4.81.